The molecule has 0 bridgehead atoms. The summed E-state index contributed by atoms with van der Waals surface area (Å²) >= 11 is 0. The lowest BCUT2D eigenvalue weighted by Gasteiger charge is -2.37. The number of hydrogen-bond donors (Lipinski definition) is 1. The van der Waals surface area contributed by atoms with Gasteiger partial charge >= 0.3 is 5.97 Å². The van der Waals surface area contributed by atoms with Crippen molar-refractivity contribution in [1.29, 1.82) is 0 Å². The molecule has 0 aliphatic carbocycles. The number of carbonyl (C=O) groups is 2. The maximum atomic E-state index is 12.0. The van der Waals surface area contributed by atoms with Crippen molar-refractivity contribution in [2.45, 2.75) is 58.5 Å². The molecular weight excluding hydrogens is 244 g/mol. The Morgan fingerprint density at radius 3 is 2.74 bits per heavy atom. The molecule has 5 nitrogen and oxygen atoms in total. The Bertz CT molecular complexity index is 307. The van der Waals surface area contributed by atoms with E-state index in [1.54, 1.807) is 0 Å². The average molecular weight is 270 g/mol. The van der Waals surface area contributed by atoms with Crippen LogP contribution in [-0.2, 0) is 14.3 Å². The first-order valence-corrected chi connectivity index (χ1v) is 7.31. The van der Waals surface area contributed by atoms with Gasteiger partial charge in [-0.05, 0) is 39.7 Å². The van der Waals surface area contributed by atoms with Crippen LogP contribution in [0.1, 0.15) is 46.5 Å². The molecule has 1 amide bonds. The third-order valence-corrected chi connectivity index (χ3v) is 3.53. The molecule has 0 saturated carbocycles. The van der Waals surface area contributed by atoms with E-state index in [9.17, 15) is 9.59 Å². The topological polar surface area (TPSA) is 58.6 Å². The number of rotatable bonds is 6. The van der Waals surface area contributed by atoms with Gasteiger partial charge in [0.05, 0.1) is 12.6 Å². The van der Waals surface area contributed by atoms with Crippen LogP contribution in [0.15, 0.2) is 0 Å². The van der Waals surface area contributed by atoms with Crippen LogP contribution < -0.4 is 5.32 Å². The highest BCUT2D eigenvalue weighted by molar-refractivity contribution is 5.83. The van der Waals surface area contributed by atoms with Gasteiger partial charge in [-0.15, -0.1) is 0 Å². The van der Waals surface area contributed by atoms with Crippen LogP contribution >= 0.6 is 0 Å². The molecule has 1 saturated heterocycles. The van der Waals surface area contributed by atoms with Crippen LogP contribution in [0.25, 0.3) is 0 Å². The maximum absolute atomic E-state index is 12.0. The van der Waals surface area contributed by atoms with Crippen molar-refractivity contribution >= 4 is 11.9 Å². The fourth-order valence-corrected chi connectivity index (χ4v) is 2.46. The van der Waals surface area contributed by atoms with Gasteiger partial charge in [0, 0.05) is 6.54 Å². The fraction of sp³-hybridized carbons (Fsp3) is 0.857. The van der Waals surface area contributed by atoms with E-state index in [0.29, 0.717) is 13.2 Å². The first-order valence-electron chi connectivity index (χ1n) is 7.31. The SMILES string of the molecule is CCCNC(=O)C(C)N1CCCCC1C(=O)OCC. The second-order valence-corrected chi connectivity index (χ2v) is 4.97. The zero-order valence-electron chi connectivity index (χ0n) is 12.3. The van der Waals surface area contributed by atoms with E-state index >= 15 is 0 Å². The molecule has 0 spiro atoms. The van der Waals surface area contributed by atoms with Gasteiger partial charge in [-0.3, -0.25) is 14.5 Å². The van der Waals surface area contributed by atoms with Gasteiger partial charge in [0.2, 0.25) is 5.91 Å². The zero-order valence-corrected chi connectivity index (χ0v) is 12.3. The Kier molecular flexibility index (Phi) is 6.84. The molecule has 110 valence electrons. The number of nitrogens with one attached hydrogen (secondary N) is 1. The Morgan fingerprint density at radius 2 is 2.11 bits per heavy atom. The van der Waals surface area contributed by atoms with Crippen LogP contribution in [-0.4, -0.2) is 48.6 Å². The lowest BCUT2D eigenvalue weighted by Crippen LogP contribution is -2.54. The molecule has 0 radical (unpaired) electrons. The summed E-state index contributed by atoms with van der Waals surface area (Å²) < 4.78 is 5.11. The van der Waals surface area contributed by atoms with E-state index in [1.807, 2.05) is 25.7 Å². The van der Waals surface area contributed by atoms with E-state index < -0.39 is 0 Å². The van der Waals surface area contributed by atoms with Crippen LogP contribution in [0.2, 0.25) is 0 Å². The molecule has 1 fully saturated rings. The van der Waals surface area contributed by atoms with E-state index in [0.717, 1.165) is 32.2 Å². The third kappa shape index (κ3) is 4.49. The summed E-state index contributed by atoms with van der Waals surface area (Å²) in [5, 5.41) is 2.89. The quantitative estimate of drug-likeness (QED) is 0.740. The van der Waals surface area contributed by atoms with E-state index in [2.05, 4.69) is 5.32 Å². The van der Waals surface area contributed by atoms with E-state index in [4.69, 9.17) is 4.74 Å². The highest BCUT2D eigenvalue weighted by Gasteiger charge is 2.35. The molecule has 19 heavy (non-hydrogen) atoms. The van der Waals surface area contributed by atoms with Gasteiger partial charge in [-0.1, -0.05) is 13.3 Å². The number of nitrogens with zero attached hydrogens (tertiary/aromatic N) is 1. The molecule has 0 aromatic rings. The van der Waals surface area contributed by atoms with Gasteiger partial charge in [0.15, 0.2) is 0 Å². The van der Waals surface area contributed by atoms with Crippen molar-refractivity contribution in [1.82, 2.24) is 10.2 Å². The summed E-state index contributed by atoms with van der Waals surface area (Å²) in [4.78, 5) is 26.0. The molecule has 1 rings (SSSR count). The molecule has 5 heteroatoms. The van der Waals surface area contributed by atoms with Crippen molar-refractivity contribution in [3.05, 3.63) is 0 Å². The van der Waals surface area contributed by atoms with Gasteiger partial charge in [-0.2, -0.15) is 0 Å². The third-order valence-electron chi connectivity index (χ3n) is 3.53. The minimum atomic E-state index is -0.277. The number of amides is 1. The molecule has 1 N–H and O–H groups in total. The Hall–Kier alpha value is -1.10. The zero-order chi connectivity index (χ0) is 14.3. The number of likely N-dealkylation sites (tertiary alicyclic amines) is 1. The summed E-state index contributed by atoms with van der Waals surface area (Å²) in [6.07, 6.45) is 3.74. The molecular formula is C14H26N2O3. The van der Waals surface area contributed by atoms with E-state index in [1.165, 1.54) is 0 Å². The van der Waals surface area contributed by atoms with Crippen molar-refractivity contribution in [2.24, 2.45) is 0 Å². The number of carbonyl (C=O) groups excluding carboxylic acids is 2. The molecule has 1 aliphatic heterocycles. The monoisotopic (exact) mass is 270 g/mol. The molecule has 2 unspecified atom stereocenters. The summed E-state index contributed by atoms with van der Waals surface area (Å²) in [5.41, 5.74) is 0. The van der Waals surface area contributed by atoms with Gasteiger partial charge in [0.25, 0.3) is 0 Å². The van der Waals surface area contributed by atoms with Crippen LogP contribution in [0.5, 0.6) is 0 Å². The highest BCUT2D eigenvalue weighted by atomic mass is 16.5. The van der Waals surface area contributed by atoms with Gasteiger partial charge in [0.1, 0.15) is 6.04 Å². The summed E-state index contributed by atoms with van der Waals surface area (Å²) in [7, 11) is 0. The van der Waals surface area contributed by atoms with Crippen molar-refractivity contribution in [3.8, 4) is 0 Å². The fourth-order valence-electron chi connectivity index (χ4n) is 2.46. The van der Waals surface area contributed by atoms with Gasteiger partial charge in [-0.25, -0.2) is 0 Å². The molecule has 2 atom stereocenters. The predicted molar refractivity (Wildman–Crippen MR) is 73.7 cm³/mol. The number of piperidine rings is 1. The second kappa shape index (κ2) is 8.15. The number of esters is 1. The molecule has 0 aromatic carbocycles. The Morgan fingerprint density at radius 1 is 1.37 bits per heavy atom. The Balaban J connectivity index is 2.64. The molecule has 0 aromatic heterocycles. The van der Waals surface area contributed by atoms with Crippen molar-refractivity contribution < 1.29 is 14.3 Å². The summed E-state index contributed by atoms with van der Waals surface area (Å²) in [5.74, 6) is -0.199. The van der Waals surface area contributed by atoms with Crippen LogP contribution in [0, 0.1) is 0 Å². The highest BCUT2D eigenvalue weighted by Crippen LogP contribution is 2.20. The smallest absolute Gasteiger partial charge is 0.323 e. The van der Waals surface area contributed by atoms with Crippen molar-refractivity contribution in [3.63, 3.8) is 0 Å². The van der Waals surface area contributed by atoms with Crippen LogP contribution in [0.3, 0.4) is 0 Å². The summed E-state index contributed by atoms with van der Waals surface area (Å²) in [6, 6.07) is -0.544. The molecule has 1 heterocycles. The number of hydrogen-bond acceptors (Lipinski definition) is 4. The minimum absolute atomic E-state index is 0.00181. The maximum Gasteiger partial charge on any atom is 0.323 e. The number of ether oxygens (including phenoxy) is 1. The van der Waals surface area contributed by atoms with Gasteiger partial charge < -0.3 is 10.1 Å². The first-order chi connectivity index (χ1) is 9.11. The largest absolute Gasteiger partial charge is 0.465 e. The predicted octanol–water partition coefficient (Wildman–Crippen LogP) is 1.32. The van der Waals surface area contributed by atoms with E-state index in [-0.39, 0.29) is 24.0 Å². The normalized spacial score (nSPS) is 21.7. The Labute approximate surface area is 115 Å². The minimum Gasteiger partial charge on any atom is -0.465 e. The lowest BCUT2D eigenvalue weighted by molar-refractivity contribution is -0.153. The van der Waals surface area contributed by atoms with Crippen molar-refractivity contribution in [2.75, 3.05) is 19.7 Å². The lowest BCUT2D eigenvalue weighted by atomic mass is 10.00. The standard InChI is InChI=1S/C14H26N2O3/c1-4-9-15-13(17)11(3)16-10-7-6-8-12(16)14(18)19-5-2/h11-12H,4-10H2,1-3H3,(H,15,17). The molecule has 1 aliphatic rings. The average Bonchev–Trinajstić information content (AvgIpc) is 2.44. The first kappa shape index (κ1) is 16.0. The summed E-state index contributed by atoms with van der Waals surface area (Å²) in [6.45, 7) is 7.54. The van der Waals surface area contributed by atoms with Crippen LogP contribution in [0.4, 0.5) is 0 Å². The second-order valence-electron chi connectivity index (χ2n) is 4.97.